The Morgan fingerprint density at radius 1 is 1.38 bits per heavy atom. The number of carbonyl (C=O) groups is 1. The van der Waals surface area contributed by atoms with Crippen LogP contribution in [0.4, 0.5) is 13.2 Å². The molecule has 2 N–H and O–H groups in total. The third-order valence-electron chi connectivity index (χ3n) is 1.89. The van der Waals surface area contributed by atoms with Gasteiger partial charge in [0.05, 0.1) is 11.1 Å². The van der Waals surface area contributed by atoms with Gasteiger partial charge in [-0.15, -0.1) is 5.92 Å². The third-order valence-corrected chi connectivity index (χ3v) is 1.89. The minimum atomic E-state index is -4.55. The molecular formula is C11H8F3NO. The molecule has 2 nitrogen and oxygen atoms in total. The van der Waals surface area contributed by atoms with Crippen molar-refractivity contribution in [3.05, 3.63) is 34.9 Å². The van der Waals surface area contributed by atoms with Gasteiger partial charge in [-0.2, -0.15) is 13.2 Å². The Kier molecular flexibility index (Phi) is 3.23. The number of carbonyl (C=O) groups excluding carboxylic acids is 1. The van der Waals surface area contributed by atoms with Crippen LogP contribution < -0.4 is 5.73 Å². The standard InChI is InChI=1S/C11H8F3NO/c1-2-4-7-8(10(15)16)5-3-6-9(7)11(12,13)14/h3,5-6H,1H3,(H2,15,16). The van der Waals surface area contributed by atoms with E-state index in [0.717, 1.165) is 12.1 Å². The molecule has 0 aliphatic rings. The van der Waals surface area contributed by atoms with Gasteiger partial charge in [0.1, 0.15) is 0 Å². The highest BCUT2D eigenvalue weighted by Crippen LogP contribution is 2.32. The van der Waals surface area contributed by atoms with E-state index in [1.54, 1.807) is 0 Å². The number of halogens is 3. The molecule has 0 bridgehead atoms. The Bertz CT molecular complexity index is 480. The minimum absolute atomic E-state index is 0.218. The lowest BCUT2D eigenvalue weighted by molar-refractivity contribution is -0.137. The van der Waals surface area contributed by atoms with E-state index in [1.165, 1.54) is 13.0 Å². The molecule has 0 spiro atoms. The maximum Gasteiger partial charge on any atom is 0.417 e. The fourth-order valence-electron chi connectivity index (χ4n) is 1.25. The molecule has 0 aromatic heterocycles. The number of amides is 1. The van der Waals surface area contributed by atoms with Crippen LogP contribution in [0.3, 0.4) is 0 Å². The van der Waals surface area contributed by atoms with Gasteiger partial charge in [0.15, 0.2) is 0 Å². The summed E-state index contributed by atoms with van der Waals surface area (Å²) in [5, 5.41) is 0. The zero-order valence-corrected chi connectivity index (χ0v) is 8.35. The highest BCUT2D eigenvalue weighted by atomic mass is 19.4. The Hall–Kier alpha value is -1.96. The highest BCUT2D eigenvalue weighted by Gasteiger charge is 2.34. The van der Waals surface area contributed by atoms with Gasteiger partial charge in [-0.3, -0.25) is 4.79 Å². The molecule has 0 saturated heterocycles. The SMILES string of the molecule is CC#Cc1c(C(N)=O)cccc1C(F)(F)F. The Morgan fingerprint density at radius 3 is 2.44 bits per heavy atom. The predicted molar refractivity (Wildman–Crippen MR) is 52.5 cm³/mol. The molecule has 0 heterocycles. The van der Waals surface area contributed by atoms with Gasteiger partial charge in [-0.1, -0.05) is 12.0 Å². The van der Waals surface area contributed by atoms with Crippen molar-refractivity contribution in [2.45, 2.75) is 13.1 Å². The van der Waals surface area contributed by atoms with E-state index in [2.05, 4.69) is 11.8 Å². The van der Waals surface area contributed by atoms with E-state index in [9.17, 15) is 18.0 Å². The Labute approximate surface area is 90.3 Å². The second-order valence-corrected chi connectivity index (χ2v) is 2.97. The molecule has 1 amide bonds. The normalized spacial score (nSPS) is 10.5. The summed E-state index contributed by atoms with van der Waals surface area (Å²) >= 11 is 0. The molecule has 5 heteroatoms. The molecule has 1 aromatic rings. The minimum Gasteiger partial charge on any atom is -0.366 e. The second kappa shape index (κ2) is 4.27. The first-order valence-corrected chi connectivity index (χ1v) is 4.30. The van der Waals surface area contributed by atoms with Crippen LogP contribution in [0.25, 0.3) is 0 Å². The molecule has 0 fully saturated rings. The van der Waals surface area contributed by atoms with Gasteiger partial charge in [-0.05, 0) is 19.1 Å². The van der Waals surface area contributed by atoms with Crippen molar-refractivity contribution in [2.75, 3.05) is 0 Å². The molecule has 1 rings (SSSR count). The zero-order valence-electron chi connectivity index (χ0n) is 8.35. The Balaban J connectivity index is 3.55. The smallest absolute Gasteiger partial charge is 0.366 e. The molecule has 84 valence electrons. The molecule has 16 heavy (non-hydrogen) atoms. The van der Waals surface area contributed by atoms with Crippen LogP contribution in [0.1, 0.15) is 28.4 Å². The van der Waals surface area contributed by atoms with E-state index in [1.807, 2.05) is 0 Å². The van der Waals surface area contributed by atoms with Crippen LogP contribution in [-0.2, 0) is 6.18 Å². The molecule has 0 radical (unpaired) electrons. The number of hydrogen-bond acceptors (Lipinski definition) is 1. The summed E-state index contributed by atoms with van der Waals surface area (Å²) in [7, 11) is 0. The maximum absolute atomic E-state index is 12.6. The molecule has 0 unspecified atom stereocenters. The Morgan fingerprint density at radius 2 is 2.00 bits per heavy atom. The first-order chi connectivity index (χ1) is 7.38. The molecule has 1 aromatic carbocycles. The van der Waals surface area contributed by atoms with Gasteiger partial charge < -0.3 is 5.73 Å². The van der Waals surface area contributed by atoms with Crippen molar-refractivity contribution in [1.29, 1.82) is 0 Å². The molecule has 0 aliphatic carbocycles. The molecular weight excluding hydrogens is 219 g/mol. The summed E-state index contributed by atoms with van der Waals surface area (Å²) in [5.74, 6) is 3.67. The number of rotatable bonds is 1. The van der Waals surface area contributed by atoms with Gasteiger partial charge in [0, 0.05) is 5.56 Å². The summed E-state index contributed by atoms with van der Waals surface area (Å²) < 4.78 is 37.8. The summed E-state index contributed by atoms with van der Waals surface area (Å²) in [5.41, 5.74) is 3.45. The van der Waals surface area contributed by atoms with Gasteiger partial charge >= 0.3 is 6.18 Å². The first kappa shape index (κ1) is 12.1. The third kappa shape index (κ3) is 2.34. The predicted octanol–water partition coefficient (Wildman–Crippen LogP) is 2.18. The number of benzene rings is 1. The lowest BCUT2D eigenvalue weighted by Crippen LogP contribution is -2.17. The molecule has 0 saturated carbocycles. The number of alkyl halides is 3. The lowest BCUT2D eigenvalue weighted by atomic mass is 10.0. The first-order valence-electron chi connectivity index (χ1n) is 4.30. The summed E-state index contributed by atoms with van der Waals surface area (Å²) in [6.45, 7) is 1.39. The van der Waals surface area contributed by atoms with Crippen LogP contribution in [0, 0.1) is 11.8 Å². The van der Waals surface area contributed by atoms with Gasteiger partial charge in [0.2, 0.25) is 5.91 Å². The van der Waals surface area contributed by atoms with Crippen LogP contribution >= 0.6 is 0 Å². The topological polar surface area (TPSA) is 43.1 Å². The highest BCUT2D eigenvalue weighted by molar-refractivity contribution is 5.95. The van der Waals surface area contributed by atoms with Crippen LogP contribution in [0.5, 0.6) is 0 Å². The fourth-order valence-corrected chi connectivity index (χ4v) is 1.25. The van der Waals surface area contributed by atoms with Gasteiger partial charge in [0.25, 0.3) is 0 Å². The van der Waals surface area contributed by atoms with Crippen LogP contribution in [-0.4, -0.2) is 5.91 Å². The van der Waals surface area contributed by atoms with E-state index < -0.39 is 17.6 Å². The summed E-state index contributed by atoms with van der Waals surface area (Å²) in [4.78, 5) is 11.0. The number of primary amides is 1. The summed E-state index contributed by atoms with van der Waals surface area (Å²) in [6, 6.07) is 3.22. The number of nitrogens with two attached hydrogens (primary N) is 1. The van der Waals surface area contributed by atoms with E-state index >= 15 is 0 Å². The monoisotopic (exact) mass is 227 g/mol. The molecule has 0 aliphatic heterocycles. The zero-order chi connectivity index (χ0) is 12.3. The van der Waals surface area contributed by atoms with Crippen molar-refractivity contribution >= 4 is 5.91 Å². The van der Waals surface area contributed by atoms with Gasteiger partial charge in [-0.25, -0.2) is 0 Å². The average molecular weight is 227 g/mol. The number of hydrogen-bond donors (Lipinski definition) is 1. The second-order valence-electron chi connectivity index (χ2n) is 2.97. The quantitative estimate of drug-likeness (QED) is 0.734. The van der Waals surface area contributed by atoms with Crippen LogP contribution in [0.2, 0.25) is 0 Å². The van der Waals surface area contributed by atoms with E-state index in [4.69, 9.17) is 5.73 Å². The van der Waals surface area contributed by atoms with Crippen LogP contribution in [0.15, 0.2) is 18.2 Å². The fraction of sp³-hybridized carbons (Fsp3) is 0.182. The largest absolute Gasteiger partial charge is 0.417 e. The van der Waals surface area contributed by atoms with E-state index in [0.29, 0.717) is 0 Å². The van der Waals surface area contributed by atoms with Crippen molar-refractivity contribution < 1.29 is 18.0 Å². The van der Waals surface area contributed by atoms with Crippen molar-refractivity contribution in [3.8, 4) is 11.8 Å². The maximum atomic E-state index is 12.6. The lowest BCUT2D eigenvalue weighted by Gasteiger charge is -2.11. The van der Waals surface area contributed by atoms with E-state index in [-0.39, 0.29) is 11.1 Å². The summed E-state index contributed by atoms with van der Waals surface area (Å²) in [6.07, 6.45) is -4.55. The molecule has 0 atom stereocenters. The van der Waals surface area contributed by atoms with Crippen molar-refractivity contribution in [2.24, 2.45) is 5.73 Å². The van der Waals surface area contributed by atoms with Crippen molar-refractivity contribution in [3.63, 3.8) is 0 Å². The average Bonchev–Trinajstić information content (AvgIpc) is 2.16. The van der Waals surface area contributed by atoms with Crippen molar-refractivity contribution in [1.82, 2.24) is 0 Å².